The van der Waals surface area contributed by atoms with Crippen molar-refractivity contribution in [2.75, 3.05) is 5.32 Å². The van der Waals surface area contributed by atoms with Gasteiger partial charge in [0.2, 0.25) is 0 Å². The SMILES string of the molecule is Cc1ccc(NCc2cc(Br)c(Cl)s2)cc1-n1cnnn1. The van der Waals surface area contributed by atoms with Crippen molar-refractivity contribution in [1.29, 1.82) is 0 Å². The summed E-state index contributed by atoms with van der Waals surface area (Å²) in [4.78, 5) is 1.16. The molecule has 0 atom stereocenters. The number of hydrogen-bond donors (Lipinski definition) is 1. The van der Waals surface area contributed by atoms with Gasteiger partial charge in [0, 0.05) is 21.6 Å². The number of anilines is 1. The van der Waals surface area contributed by atoms with E-state index in [1.165, 1.54) is 0 Å². The number of rotatable bonds is 4. The van der Waals surface area contributed by atoms with Crippen LogP contribution in [0, 0.1) is 6.92 Å². The standard InChI is InChI=1S/C13H11BrClN5S/c1-8-2-3-9(4-12(8)20-7-17-18-19-20)16-6-10-5-11(14)13(15)21-10/h2-5,7,16H,6H2,1H3. The van der Waals surface area contributed by atoms with E-state index in [1.807, 2.05) is 31.2 Å². The van der Waals surface area contributed by atoms with Crippen LogP contribution in [0.4, 0.5) is 5.69 Å². The first-order valence-electron chi connectivity index (χ1n) is 6.15. The molecule has 0 unspecified atom stereocenters. The van der Waals surface area contributed by atoms with Crippen LogP contribution in [0.15, 0.2) is 35.1 Å². The summed E-state index contributed by atoms with van der Waals surface area (Å²) < 4.78 is 3.35. The quantitative estimate of drug-likeness (QED) is 0.737. The van der Waals surface area contributed by atoms with Gasteiger partial charge >= 0.3 is 0 Å². The molecule has 108 valence electrons. The van der Waals surface area contributed by atoms with Crippen molar-refractivity contribution in [2.45, 2.75) is 13.5 Å². The zero-order chi connectivity index (χ0) is 14.8. The normalized spacial score (nSPS) is 10.8. The summed E-state index contributed by atoms with van der Waals surface area (Å²) in [5.74, 6) is 0. The van der Waals surface area contributed by atoms with Crippen molar-refractivity contribution in [1.82, 2.24) is 20.2 Å². The highest BCUT2D eigenvalue weighted by atomic mass is 79.9. The highest BCUT2D eigenvalue weighted by molar-refractivity contribution is 9.10. The van der Waals surface area contributed by atoms with Crippen LogP contribution in [0.2, 0.25) is 4.34 Å². The average molecular weight is 385 g/mol. The van der Waals surface area contributed by atoms with E-state index in [1.54, 1.807) is 22.3 Å². The molecule has 21 heavy (non-hydrogen) atoms. The molecule has 0 amide bonds. The van der Waals surface area contributed by atoms with Crippen molar-refractivity contribution < 1.29 is 0 Å². The van der Waals surface area contributed by atoms with E-state index in [0.717, 1.165) is 30.6 Å². The van der Waals surface area contributed by atoms with Gasteiger partial charge in [0.05, 0.1) is 5.69 Å². The van der Waals surface area contributed by atoms with Gasteiger partial charge in [0.1, 0.15) is 10.7 Å². The van der Waals surface area contributed by atoms with Gasteiger partial charge < -0.3 is 5.32 Å². The molecule has 0 aliphatic rings. The van der Waals surface area contributed by atoms with E-state index in [4.69, 9.17) is 11.6 Å². The van der Waals surface area contributed by atoms with Crippen LogP contribution in [-0.4, -0.2) is 20.2 Å². The maximum Gasteiger partial charge on any atom is 0.143 e. The minimum absolute atomic E-state index is 0.716. The van der Waals surface area contributed by atoms with Gasteiger partial charge in [0.15, 0.2) is 0 Å². The van der Waals surface area contributed by atoms with E-state index >= 15 is 0 Å². The maximum atomic E-state index is 6.04. The predicted octanol–water partition coefficient (Wildman–Crippen LogP) is 4.06. The summed E-state index contributed by atoms with van der Waals surface area (Å²) in [5, 5.41) is 14.6. The predicted molar refractivity (Wildman–Crippen MR) is 88.2 cm³/mol. The lowest BCUT2D eigenvalue weighted by Crippen LogP contribution is -2.02. The second-order valence-corrected chi connectivity index (χ2v) is 7.04. The summed E-state index contributed by atoms with van der Waals surface area (Å²) in [6, 6.07) is 8.12. The summed E-state index contributed by atoms with van der Waals surface area (Å²) >= 11 is 11.0. The van der Waals surface area contributed by atoms with Crippen molar-refractivity contribution in [3.63, 3.8) is 0 Å². The van der Waals surface area contributed by atoms with E-state index < -0.39 is 0 Å². The van der Waals surface area contributed by atoms with E-state index in [9.17, 15) is 0 Å². The van der Waals surface area contributed by atoms with Crippen LogP contribution in [0.25, 0.3) is 5.69 Å². The second kappa shape index (κ2) is 6.13. The summed E-state index contributed by atoms with van der Waals surface area (Å²) in [6.07, 6.45) is 1.59. The molecule has 0 spiro atoms. The molecule has 0 fully saturated rings. The van der Waals surface area contributed by atoms with E-state index in [2.05, 4.69) is 36.8 Å². The molecular formula is C13H11BrClN5S. The number of benzene rings is 1. The van der Waals surface area contributed by atoms with Crippen LogP contribution in [0.5, 0.6) is 0 Å². The number of aromatic nitrogens is 4. The molecule has 1 N–H and O–H groups in total. The average Bonchev–Trinajstić information content (AvgIpc) is 3.09. The number of hydrogen-bond acceptors (Lipinski definition) is 5. The molecule has 0 bridgehead atoms. The second-order valence-electron chi connectivity index (χ2n) is 4.44. The third-order valence-electron chi connectivity index (χ3n) is 2.97. The zero-order valence-corrected chi connectivity index (χ0v) is 14.2. The highest BCUT2D eigenvalue weighted by Crippen LogP contribution is 2.32. The molecule has 2 heterocycles. The lowest BCUT2D eigenvalue weighted by Gasteiger charge is -2.09. The van der Waals surface area contributed by atoms with E-state index in [-0.39, 0.29) is 0 Å². The Morgan fingerprint density at radius 3 is 2.90 bits per heavy atom. The topological polar surface area (TPSA) is 55.6 Å². The first-order valence-corrected chi connectivity index (χ1v) is 8.14. The molecule has 0 aliphatic heterocycles. The number of halogens is 2. The minimum atomic E-state index is 0.716. The summed E-state index contributed by atoms with van der Waals surface area (Å²) in [5.41, 5.74) is 3.07. The Bertz CT molecular complexity index is 737. The van der Waals surface area contributed by atoms with Gasteiger partial charge in [-0.25, -0.2) is 4.68 Å². The molecule has 5 nitrogen and oxygen atoms in total. The van der Waals surface area contributed by atoms with E-state index in [0.29, 0.717) is 6.54 Å². The van der Waals surface area contributed by atoms with Crippen LogP contribution in [-0.2, 0) is 6.54 Å². The van der Waals surface area contributed by atoms with Gasteiger partial charge in [-0.3, -0.25) is 0 Å². The fraction of sp³-hybridized carbons (Fsp3) is 0.154. The molecule has 0 saturated heterocycles. The van der Waals surface area contributed by atoms with Crippen LogP contribution >= 0.6 is 38.9 Å². The van der Waals surface area contributed by atoms with Crippen LogP contribution in [0.1, 0.15) is 10.4 Å². The van der Waals surface area contributed by atoms with Gasteiger partial charge in [-0.05, 0) is 57.0 Å². The number of nitrogens with one attached hydrogen (secondary N) is 1. The smallest absolute Gasteiger partial charge is 0.143 e. The molecule has 2 aromatic heterocycles. The number of thiophene rings is 1. The molecule has 1 aromatic carbocycles. The lowest BCUT2D eigenvalue weighted by atomic mass is 10.2. The van der Waals surface area contributed by atoms with Gasteiger partial charge in [-0.1, -0.05) is 17.7 Å². The largest absolute Gasteiger partial charge is 0.380 e. The third-order valence-corrected chi connectivity index (χ3v) is 5.44. The lowest BCUT2D eigenvalue weighted by molar-refractivity contribution is 0.785. The monoisotopic (exact) mass is 383 g/mol. The maximum absolute atomic E-state index is 6.04. The molecule has 8 heteroatoms. The molecule has 0 aliphatic carbocycles. The van der Waals surface area contributed by atoms with Crippen molar-refractivity contribution in [2.24, 2.45) is 0 Å². The summed E-state index contributed by atoms with van der Waals surface area (Å²) in [6.45, 7) is 2.74. The minimum Gasteiger partial charge on any atom is -0.380 e. The van der Waals surface area contributed by atoms with Gasteiger partial charge in [-0.2, -0.15) is 0 Å². The fourth-order valence-corrected chi connectivity index (χ4v) is 3.64. The van der Waals surface area contributed by atoms with Crippen molar-refractivity contribution in [3.8, 4) is 5.69 Å². The Morgan fingerprint density at radius 1 is 1.38 bits per heavy atom. The highest BCUT2D eigenvalue weighted by Gasteiger charge is 2.06. The van der Waals surface area contributed by atoms with Crippen LogP contribution < -0.4 is 5.32 Å². The Hall–Kier alpha value is -1.44. The van der Waals surface area contributed by atoms with Gasteiger partial charge in [0.25, 0.3) is 0 Å². The number of aryl methyl sites for hydroxylation is 1. The zero-order valence-electron chi connectivity index (χ0n) is 11.0. The first kappa shape index (κ1) is 14.5. The van der Waals surface area contributed by atoms with Gasteiger partial charge in [-0.15, -0.1) is 16.4 Å². The Balaban J connectivity index is 1.78. The molecule has 0 saturated carbocycles. The molecular weight excluding hydrogens is 374 g/mol. The van der Waals surface area contributed by atoms with Crippen LogP contribution in [0.3, 0.4) is 0 Å². The molecule has 0 radical (unpaired) electrons. The Morgan fingerprint density at radius 2 is 2.24 bits per heavy atom. The van der Waals surface area contributed by atoms with Crippen molar-refractivity contribution >= 4 is 44.6 Å². The Kier molecular flexibility index (Phi) is 4.23. The first-order chi connectivity index (χ1) is 10.1. The third kappa shape index (κ3) is 3.25. The molecule has 3 aromatic rings. The Labute approximate surface area is 139 Å². The van der Waals surface area contributed by atoms with Crippen molar-refractivity contribution in [3.05, 3.63) is 49.8 Å². The summed E-state index contributed by atoms with van der Waals surface area (Å²) in [7, 11) is 0. The number of tetrazole rings is 1. The molecule has 3 rings (SSSR count). The number of nitrogens with zero attached hydrogens (tertiary/aromatic N) is 4. The fourth-order valence-electron chi connectivity index (χ4n) is 1.91.